The smallest absolute Gasteiger partial charge is 0.414 e. The second-order valence-electron chi connectivity index (χ2n) is 8.33. The summed E-state index contributed by atoms with van der Waals surface area (Å²) in [6.07, 6.45) is 2.18. The molecule has 0 aliphatic heterocycles. The van der Waals surface area contributed by atoms with Crippen LogP contribution in [-0.2, 0) is 12.8 Å². The summed E-state index contributed by atoms with van der Waals surface area (Å²) < 4.78 is 16.3. The van der Waals surface area contributed by atoms with Gasteiger partial charge in [0.2, 0.25) is 0 Å². The molecule has 0 spiro atoms. The van der Waals surface area contributed by atoms with E-state index in [9.17, 15) is 5.11 Å². The van der Waals surface area contributed by atoms with Crippen LogP contribution in [0.1, 0.15) is 23.9 Å². The van der Waals surface area contributed by atoms with Crippen molar-refractivity contribution in [3.8, 4) is 28.8 Å². The predicted octanol–water partition coefficient (Wildman–Crippen LogP) is 5.04. The molecule has 0 bridgehead atoms. The second-order valence-corrected chi connectivity index (χ2v) is 8.33. The van der Waals surface area contributed by atoms with Crippen LogP contribution in [0.25, 0.3) is 22.0 Å². The molecule has 2 N–H and O–H groups in total. The topological polar surface area (TPSA) is 115 Å². The molecule has 0 aliphatic rings. The molecule has 0 atom stereocenters. The van der Waals surface area contributed by atoms with E-state index in [-0.39, 0.29) is 0 Å². The molecule has 3 aromatic carbocycles. The van der Waals surface area contributed by atoms with Gasteiger partial charge in [0.25, 0.3) is 0 Å². The van der Waals surface area contributed by atoms with Gasteiger partial charge in [-0.3, -0.25) is 4.52 Å². The number of benzene rings is 3. The lowest BCUT2D eigenvalue weighted by Gasteiger charge is -2.15. The number of hydrogen-bond acceptors (Lipinski definition) is 9. The van der Waals surface area contributed by atoms with Gasteiger partial charge in [-0.05, 0) is 36.2 Å². The lowest BCUT2D eigenvalue weighted by Crippen LogP contribution is -2.08. The Labute approximate surface area is 214 Å². The SMILES string of the molecule is CCOc1c(Cc2noc(O)n2)cccc1-c1cc(NCCc2c(OC)ccc3ccccc23)ncn1. The standard InChI is InChI=1S/C28H27N5O4/c1-3-36-27-19(15-26-32-28(34)37-33-26)8-6-10-22(27)23-16-25(31-17-30-23)29-14-13-21-20-9-5-4-7-18(20)11-12-24(21)35-2/h4-12,16-17H,3,13-15H2,1-2H3,(H,29,30,31)(H,32,33,34). The highest BCUT2D eigenvalue weighted by Gasteiger charge is 2.16. The van der Waals surface area contributed by atoms with Crippen LogP contribution in [0.3, 0.4) is 0 Å². The maximum Gasteiger partial charge on any atom is 0.414 e. The van der Waals surface area contributed by atoms with Gasteiger partial charge in [-0.15, -0.1) is 0 Å². The molecule has 0 amide bonds. The Bertz CT molecular complexity index is 1520. The molecule has 5 rings (SSSR count). The van der Waals surface area contributed by atoms with E-state index in [1.807, 2.05) is 49.4 Å². The maximum atomic E-state index is 9.39. The van der Waals surface area contributed by atoms with Crippen LogP contribution in [-0.4, -0.2) is 45.5 Å². The summed E-state index contributed by atoms with van der Waals surface area (Å²) in [5.41, 5.74) is 3.56. The number of fused-ring (bicyclic) bond motifs is 1. The van der Waals surface area contributed by atoms with Crippen LogP contribution in [0.5, 0.6) is 17.6 Å². The Kier molecular flexibility index (Phi) is 7.12. The largest absolute Gasteiger partial charge is 0.496 e. The molecule has 0 unspecified atom stereocenters. The van der Waals surface area contributed by atoms with Gasteiger partial charge in [-0.25, -0.2) is 9.97 Å². The highest BCUT2D eigenvalue weighted by Crippen LogP contribution is 2.34. The van der Waals surface area contributed by atoms with Crippen molar-refractivity contribution in [1.29, 1.82) is 0 Å². The highest BCUT2D eigenvalue weighted by molar-refractivity contribution is 5.87. The van der Waals surface area contributed by atoms with E-state index in [4.69, 9.17) is 14.0 Å². The van der Waals surface area contributed by atoms with Gasteiger partial charge in [0.1, 0.15) is 23.6 Å². The van der Waals surface area contributed by atoms with E-state index in [1.54, 1.807) is 7.11 Å². The van der Waals surface area contributed by atoms with Crippen molar-refractivity contribution in [2.45, 2.75) is 19.8 Å². The third-order valence-corrected chi connectivity index (χ3v) is 6.03. The van der Waals surface area contributed by atoms with E-state index >= 15 is 0 Å². The molecule has 0 aliphatic carbocycles. The zero-order valence-electron chi connectivity index (χ0n) is 20.6. The van der Waals surface area contributed by atoms with Crippen LogP contribution in [0.15, 0.2) is 71.5 Å². The molecule has 9 nitrogen and oxygen atoms in total. The summed E-state index contributed by atoms with van der Waals surface area (Å²) >= 11 is 0. The average Bonchev–Trinajstić information content (AvgIpc) is 3.34. The second kappa shape index (κ2) is 10.9. The van der Waals surface area contributed by atoms with Crippen molar-refractivity contribution in [2.24, 2.45) is 0 Å². The Morgan fingerprint density at radius 3 is 2.73 bits per heavy atom. The molecule has 188 valence electrons. The quantitative estimate of drug-likeness (QED) is 0.274. The summed E-state index contributed by atoms with van der Waals surface area (Å²) in [6, 6.07) is 20.1. The number of nitrogens with zero attached hydrogens (tertiary/aromatic N) is 4. The van der Waals surface area contributed by atoms with Crippen molar-refractivity contribution < 1.29 is 19.1 Å². The number of ether oxygens (including phenoxy) is 2. The number of nitrogens with one attached hydrogen (secondary N) is 1. The average molecular weight is 498 g/mol. The van der Waals surface area contributed by atoms with Gasteiger partial charge >= 0.3 is 6.08 Å². The number of anilines is 1. The molecule has 2 heterocycles. The van der Waals surface area contributed by atoms with Crippen LogP contribution in [0, 0.1) is 0 Å². The monoisotopic (exact) mass is 497 g/mol. The van der Waals surface area contributed by atoms with E-state index < -0.39 is 6.08 Å². The van der Waals surface area contributed by atoms with E-state index in [1.165, 1.54) is 17.1 Å². The first kappa shape index (κ1) is 24.1. The third kappa shape index (κ3) is 5.30. The van der Waals surface area contributed by atoms with Crippen LogP contribution in [0.4, 0.5) is 5.82 Å². The summed E-state index contributed by atoms with van der Waals surface area (Å²) in [4.78, 5) is 12.8. The van der Waals surface area contributed by atoms with Gasteiger partial charge in [-0.1, -0.05) is 47.6 Å². The fraction of sp³-hybridized carbons (Fsp3) is 0.214. The van der Waals surface area contributed by atoms with Crippen molar-refractivity contribution in [3.05, 3.63) is 83.9 Å². The number of rotatable bonds is 10. The molecule has 0 saturated carbocycles. The van der Waals surface area contributed by atoms with Crippen molar-refractivity contribution in [2.75, 3.05) is 25.6 Å². The van der Waals surface area contributed by atoms with Gasteiger partial charge in [-0.2, -0.15) is 4.98 Å². The molecular weight excluding hydrogens is 470 g/mol. The van der Waals surface area contributed by atoms with Crippen molar-refractivity contribution in [1.82, 2.24) is 20.1 Å². The van der Waals surface area contributed by atoms with Gasteiger partial charge in [0.15, 0.2) is 5.82 Å². The van der Waals surface area contributed by atoms with Gasteiger partial charge < -0.3 is 19.9 Å². The Hall–Kier alpha value is -4.66. The number of para-hydroxylation sites is 1. The molecule has 5 aromatic rings. The van der Waals surface area contributed by atoms with Crippen LogP contribution in [0.2, 0.25) is 0 Å². The molecule has 0 saturated heterocycles. The minimum atomic E-state index is -0.461. The van der Waals surface area contributed by atoms with Gasteiger partial charge in [0, 0.05) is 35.7 Å². The molecule has 0 radical (unpaired) electrons. The van der Waals surface area contributed by atoms with Gasteiger partial charge in [0.05, 0.1) is 19.4 Å². The summed E-state index contributed by atoms with van der Waals surface area (Å²) in [5, 5.41) is 19.0. The number of hydrogen-bond donors (Lipinski definition) is 2. The van der Waals surface area contributed by atoms with E-state index in [0.29, 0.717) is 37.0 Å². The Morgan fingerprint density at radius 1 is 1.03 bits per heavy atom. The summed E-state index contributed by atoms with van der Waals surface area (Å²) in [7, 11) is 1.70. The Morgan fingerprint density at radius 2 is 1.92 bits per heavy atom. The first-order chi connectivity index (χ1) is 18.2. The minimum absolute atomic E-state index is 0.344. The number of aromatic hydroxyl groups is 1. The maximum absolute atomic E-state index is 9.39. The molecule has 2 aromatic heterocycles. The lowest BCUT2D eigenvalue weighted by molar-refractivity contribution is 0.266. The fourth-order valence-corrected chi connectivity index (χ4v) is 4.41. The normalized spacial score (nSPS) is 11.0. The first-order valence-electron chi connectivity index (χ1n) is 12.0. The van der Waals surface area contributed by atoms with E-state index in [2.05, 4.69) is 43.6 Å². The third-order valence-electron chi connectivity index (χ3n) is 6.03. The summed E-state index contributed by atoms with van der Waals surface area (Å²) in [6.45, 7) is 3.07. The highest BCUT2D eigenvalue weighted by atomic mass is 16.6. The first-order valence-corrected chi connectivity index (χ1v) is 12.0. The summed E-state index contributed by atoms with van der Waals surface area (Å²) in [5.74, 6) is 2.63. The van der Waals surface area contributed by atoms with Crippen molar-refractivity contribution in [3.63, 3.8) is 0 Å². The molecule has 37 heavy (non-hydrogen) atoms. The van der Waals surface area contributed by atoms with Crippen molar-refractivity contribution >= 4 is 16.6 Å². The molecule has 0 fully saturated rings. The van der Waals surface area contributed by atoms with Crippen LogP contribution >= 0.6 is 0 Å². The fourth-order valence-electron chi connectivity index (χ4n) is 4.41. The molecular formula is C28H27N5O4. The number of methoxy groups -OCH3 is 1. The van der Waals surface area contributed by atoms with E-state index in [0.717, 1.165) is 34.6 Å². The zero-order valence-corrected chi connectivity index (χ0v) is 20.6. The Balaban J connectivity index is 1.37. The molecule has 9 heteroatoms. The van der Waals surface area contributed by atoms with Crippen LogP contribution < -0.4 is 14.8 Å². The zero-order chi connectivity index (χ0) is 25.6. The minimum Gasteiger partial charge on any atom is -0.496 e. The predicted molar refractivity (Wildman–Crippen MR) is 140 cm³/mol. The lowest BCUT2D eigenvalue weighted by atomic mass is 10.0. The number of aromatic nitrogens is 4.